The Balaban J connectivity index is 1.40. The zero-order valence-electron chi connectivity index (χ0n) is 16.6. The van der Waals surface area contributed by atoms with Gasteiger partial charge in [0.15, 0.2) is 5.82 Å². The summed E-state index contributed by atoms with van der Waals surface area (Å²) in [5.41, 5.74) is 1.64. The largest absolute Gasteiger partial charge is 0.340 e. The Morgan fingerprint density at radius 2 is 1.84 bits per heavy atom. The number of carbonyl (C=O) groups is 4. The van der Waals surface area contributed by atoms with Crippen LogP contribution in [0.1, 0.15) is 33.0 Å². The van der Waals surface area contributed by atoms with Crippen LogP contribution in [0.15, 0.2) is 60.9 Å². The summed E-state index contributed by atoms with van der Waals surface area (Å²) < 4.78 is 1.63. The van der Waals surface area contributed by atoms with E-state index in [9.17, 15) is 19.2 Å². The fourth-order valence-electron chi connectivity index (χ4n) is 3.27. The van der Waals surface area contributed by atoms with Crippen molar-refractivity contribution < 1.29 is 19.2 Å². The van der Waals surface area contributed by atoms with Crippen LogP contribution < -0.4 is 16.0 Å². The van der Waals surface area contributed by atoms with Crippen molar-refractivity contribution in [2.45, 2.75) is 12.5 Å². The van der Waals surface area contributed by atoms with Gasteiger partial charge in [0.05, 0.1) is 17.7 Å². The van der Waals surface area contributed by atoms with Gasteiger partial charge in [-0.2, -0.15) is 0 Å². The standard InChI is InChI=1S/C22H19N5O4/c1-27-11-10-23-20(27)19(29)13-6-8-14(9-7-13)24-18(28)12-17-22(31)25-16-5-3-2-4-15(16)21(30)26-17/h2-11,17H,12H2,1H3,(H,24,28)(H,25,31)(H,26,30)/t17-/m0/s1. The summed E-state index contributed by atoms with van der Waals surface area (Å²) in [6, 6.07) is 12.0. The van der Waals surface area contributed by atoms with Crippen LogP contribution in [0.25, 0.3) is 0 Å². The zero-order valence-corrected chi connectivity index (χ0v) is 16.6. The van der Waals surface area contributed by atoms with Gasteiger partial charge in [0.2, 0.25) is 17.6 Å². The molecule has 3 amide bonds. The molecule has 0 saturated carbocycles. The van der Waals surface area contributed by atoms with Crippen molar-refractivity contribution in [2.75, 3.05) is 10.6 Å². The molecular weight excluding hydrogens is 398 g/mol. The fourth-order valence-corrected chi connectivity index (χ4v) is 3.27. The maximum absolute atomic E-state index is 12.5. The predicted octanol–water partition coefficient (Wildman–Crippen LogP) is 1.73. The van der Waals surface area contributed by atoms with Crippen molar-refractivity contribution in [3.8, 4) is 0 Å². The minimum Gasteiger partial charge on any atom is -0.340 e. The molecule has 4 rings (SSSR count). The van der Waals surface area contributed by atoms with Gasteiger partial charge in [-0.25, -0.2) is 4.98 Å². The van der Waals surface area contributed by atoms with Crippen LogP contribution >= 0.6 is 0 Å². The molecule has 1 atom stereocenters. The third-order valence-corrected chi connectivity index (χ3v) is 4.90. The maximum atomic E-state index is 12.5. The van der Waals surface area contributed by atoms with Gasteiger partial charge in [-0.15, -0.1) is 0 Å². The lowest BCUT2D eigenvalue weighted by Crippen LogP contribution is -2.43. The fraction of sp³-hybridized carbons (Fsp3) is 0.136. The molecule has 0 bridgehead atoms. The number of fused-ring (bicyclic) bond motifs is 1. The first-order chi connectivity index (χ1) is 14.9. The van der Waals surface area contributed by atoms with E-state index in [1.165, 1.54) is 0 Å². The molecule has 3 aromatic rings. The summed E-state index contributed by atoms with van der Waals surface area (Å²) in [4.78, 5) is 53.7. The number of nitrogens with zero attached hydrogens (tertiary/aromatic N) is 2. The van der Waals surface area contributed by atoms with E-state index in [1.807, 2.05) is 0 Å². The zero-order chi connectivity index (χ0) is 22.0. The van der Waals surface area contributed by atoms with Crippen molar-refractivity contribution in [1.82, 2.24) is 14.9 Å². The third kappa shape index (κ3) is 4.20. The first-order valence-corrected chi connectivity index (χ1v) is 9.55. The second-order valence-corrected chi connectivity index (χ2v) is 7.08. The Labute approximate surface area is 177 Å². The lowest BCUT2D eigenvalue weighted by molar-refractivity contribution is -0.122. The molecule has 1 aromatic heterocycles. The monoisotopic (exact) mass is 417 g/mol. The van der Waals surface area contributed by atoms with Gasteiger partial charge in [-0.05, 0) is 36.4 Å². The molecular formula is C22H19N5O4. The number of nitrogens with one attached hydrogen (secondary N) is 3. The highest BCUT2D eigenvalue weighted by molar-refractivity contribution is 6.11. The van der Waals surface area contributed by atoms with Gasteiger partial charge < -0.3 is 20.5 Å². The van der Waals surface area contributed by atoms with Gasteiger partial charge in [0.1, 0.15) is 6.04 Å². The smallest absolute Gasteiger partial charge is 0.254 e. The minimum absolute atomic E-state index is 0.234. The number of aryl methyl sites for hydroxylation is 1. The highest BCUT2D eigenvalue weighted by Crippen LogP contribution is 2.19. The number of anilines is 2. The molecule has 31 heavy (non-hydrogen) atoms. The number of rotatable bonds is 5. The van der Waals surface area contributed by atoms with E-state index in [4.69, 9.17) is 0 Å². The molecule has 2 aromatic carbocycles. The first-order valence-electron chi connectivity index (χ1n) is 9.55. The topological polar surface area (TPSA) is 122 Å². The van der Waals surface area contributed by atoms with Crippen molar-refractivity contribution >= 4 is 34.9 Å². The number of ketones is 1. The summed E-state index contributed by atoms with van der Waals surface area (Å²) >= 11 is 0. The van der Waals surface area contributed by atoms with Crippen LogP contribution in [0.5, 0.6) is 0 Å². The molecule has 9 nitrogen and oxygen atoms in total. The SMILES string of the molecule is Cn1ccnc1C(=O)c1ccc(NC(=O)C[C@@H]2NC(=O)c3ccccc3NC2=O)cc1. The molecule has 1 aliphatic rings. The number of aromatic nitrogens is 2. The van der Waals surface area contributed by atoms with E-state index in [0.29, 0.717) is 28.3 Å². The van der Waals surface area contributed by atoms with Crippen LogP contribution in [-0.4, -0.2) is 39.1 Å². The van der Waals surface area contributed by atoms with E-state index >= 15 is 0 Å². The number of carbonyl (C=O) groups excluding carboxylic acids is 4. The summed E-state index contributed by atoms with van der Waals surface area (Å²) in [6.45, 7) is 0. The van der Waals surface area contributed by atoms with Gasteiger partial charge in [0.25, 0.3) is 5.91 Å². The molecule has 1 aliphatic heterocycles. The van der Waals surface area contributed by atoms with Crippen molar-refractivity contribution in [2.24, 2.45) is 7.05 Å². The summed E-state index contributed by atoms with van der Waals surface area (Å²) in [5, 5.41) is 7.92. The number of imidazole rings is 1. The summed E-state index contributed by atoms with van der Waals surface area (Å²) in [5.74, 6) is -1.27. The van der Waals surface area contributed by atoms with Gasteiger partial charge in [-0.1, -0.05) is 12.1 Å². The Morgan fingerprint density at radius 1 is 1.10 bits per heavy atom. The molecule has 9 heteroatoms. The van der Waals surface area contributed by atoms with Gasteiger partial charge in [-0.3, -0.25) is 19.2 Å². The highest BCUT2D eigenvalue weighted by Gasteiger charge is 2.29. The number of amides is 3. The van der Waals surface area contributed by atoms with Gasteiger partial charge >= 0.3 is 0 Å². The second kappa shape index (κ2) is 8.23. The number of hydrogen-bond donors (Lipinski definition) is 3. The van der Waals surface area contributed by atoms with Crippen LogP contribution in [0.2, 0.25) is 0 Å². The van der Waals surface area contributed by atoms with E-state index < -0.39 is 23.8 Å². The molecule has 0 aliphatic carbocycles. The Kier molecular flexibility index (Phi) is 5.31. The van der Waals surface area contributed by atoms with Crippen LogP contribution in [0, 0.1) is 0 Å². The molecule has 0 unspecified atom stereocenters. The van der Waals surface area contributed by atoms with Gasteiger partial charge in [0, 0.05) is 30.7 Å². The number of para-hydroxylation sites is 1. The van der Waals surface area contributed by atoms with E-state index in [0.717, 1.165) is 0 Å². The van der Waals surface area contributed by atoms with Crippen molar-refractivity contribution in [1.29, 1.82) is 0 Å². The lowest BCUT2D eigenvalue weighted by Gasteiger charge is -2.14. The molecule has 0 saturated heterocycles. The number of benzene rings is 2. The van der Waals surface area contributed by atoms with E-state index in [1.54, 1.807) is 72.5 Å². The Hall–Kier alpha value is -4.27. The quantitative estimate of drug-likeness (QED) is 0.546. The first kappa shape index (κ1) is 20.0. The third-order valence-electron chi connectivity index (χ3n) is 4.90. The predicted molar refractivity (Wildman–Crippen MR) is 113 cm³/mol. The molecule has 0 fully saturated rings. The summed E-state index contributed by atoms with van der Waals surface area (Å²) in [6.07, 6.45) is 2.99. The molecule has 0 spiro atoms. The lowest BCUT2D eigenvalue weighted by atomic mass is 10.1. The summed E-state index contributed by atoms with van der Waals surface area (Å²) in [7, 11) is 1.73. The molecule has 0 radical (unpaired) electrons. The molecule has 3 N–H and O–H groups in total. The Bertz CT molecular complexity index is 1180. The Morgan fingerprint density at radius 3 is 2.55 bits per heavy atom. The average Bonchev–Trinajstić information content (AvgIpc) is 3.14. The average molecular weight is 417 g/mol. The van der Waals surface area contributed by atoms with E-state index in [-0.39, 0.29) is 12.2 Å². The van der Waals surface area contributed by atoms with Crippen LogP contribution in [0.3, 0.4) is 0 Å². The minimum atomic E-state index is -1.01. The second-order valence-electron chi connectivity index (χ2n) is 7.08. The molecule has 156 valence electrons. The van der Waals surface area contributed by atoms with Crippen molar-refractivity contribution in [3.63, 3.8) is 0 Å². The normalized spacial score (nSPS) is 15.3. The van der Waals surface area contributed by atoms with Crippen molar-refractivity contribution in [3.05, 3.63) is 77.9 Å². The van der Waals surface area contributed by atoms with Crippen LogP contribution in [0.4, 0.5) is 11.4 Å². The molecule has 2 heterocycles. The number of hydrogen-bond acceptors (Lipinski definition) is 5. The maximum Gasteiger partial charge on any atom is 0.254 e. The van der Waals surface area contributed by atoms with E-state index in [2.05, 4.69) is 20.9 Å². The van der Waals surface area contributed by atoms with Crippen LogP contribution in [-0.2, 0) is 16.6 Å². The highest BCUT2D eigenvalue weighted by atomic mass is 16.2.